The lowest BCUT2D eigenvalue weighted by Crippen LogP contribution is -2.04. The molecule has 0 spiro atoms. The third-order valence-electron chi connectivity index (χ3n) is 3.12. The molecule has 0 saturated carbocycles. The zero-order valence-corrected chi connectivity index (χ0v) is 11.9. The number of hydrogen-bond acceptors (Lipinski definition) is 2. The van der Waals surface area contributed by atoms with Gasteiger partial charge in [-0.3, -0.25) is 0 Å². The number of anilines is 1. The van der Waals surface area contributed by atoms with E-state index in [0.717, 1.165) is 5.69 Å². The van der Waals surface area contributed by atoms with Gasteiger partial charge in [0.25, 0.3) is 0 Å². The molecular formula is C16H13ClFN3. The summed E-state index contributed by atoms with van der Waals surface area (Å²) in [5.41, 5.74) is 1.41. The van der Waals surface area contributed by atoms with E-state index in [1.165, 1.54) is 6.07 Å². The molecule has 3 nitrogen and oxygen atoms in total. The average molecular weight is 302 g/mol. The van der Waals surface area contributed by atoms with Crippen molar-refractivity contribution in [2.75, 3.05) is 5.32 Å². The predicted octanol–water partition coefficient (Wildman–Crippen LogP) is 4.28. The molecule has 5 heteroatoms. The van der Waals surface area contributed by atoms with E-state index >= 15 is 0 Å². The summed E-state index contributed by atoms with van der Waals surface area (Å²) in [5.74, 6) is 0.343. The summed E-state index contributed by atoms with van der Waals surface area (Å²) >= 11 is 5.99. The van der Waals surface area contributed by atoms with E-state index in [1.54, 1.807) is 16.8 Å². The number of para-hydroxylation sites is 1. The topological polar surface area (TPSA) is 29.9 Å². The molecule has 3 rings (SSSR count). The summed E-state index contributed by atoms with van der Waals surface area (Å²) in [5, 5.41) is 7.88. The number of rotatable bonds is 4. The molecule has 0 bridgehead atoms. The van der Waals surface area contributed by atoms with E-state index in [-0.39, 0.29) is 12.4 Å². The Labute approximate surface area is 127 Å². The van der Waals surface area contributed by atoms with Crippen LogP contribution < -0.4 is 5.32 Å². The van der Waals surface area contributed by atoms with Gasteiger partial charge < -0.3 is 5.32 Å². The summed E-state index contributed by atoms with van der Waals surface area (Å²) in [6, 6.07) is 16.3. The molecule has 1 N–H and O–H groups in total. The van der Waals surface area contributed by atoms with Crippen LogP contribution in [0.2, 0.25) is 5.02 Å². The van der Waals surface area contributed by atoms with Crippen molar-refractivity contribution in [1.29, 1.82) is 0 Å². The van der Waals surface area contributed by atoms with Crippen molar-refractivity contribution in [3.05, 3.63) is 77.2 Å². The molecule has 0 radical (unpaired) electrons. The molecule has 3 aromatic rings. The van der Waals surface area contributed by atoms with Gasteiger partial charge in [0.05, 0.1) is 5.69 Å². The lowest BCUT2D eigenvalue weighted by molar-refractivity contribution is 0.613. The smallest absolute Gasteiger partial charge is 0.148 e. The number of halogens is 2. The monoisotopic (exact) mass is 301 g/mol. The quantitative estimate of drug-likeness (QED) is 0.779. The Hall–Kier alpha value is -2.33. The van der Waals surface area contributed by atoms with Crippen molar-refractivity contribution in [3.63, 3.8) is 0 Å². The predicted molar refractivity (Wildman–Crippen MR) is 82.3 cm³/mol. The first-order valence-corrected chi connectivity index (χ1v) is 6.90. The molecule has 21 heavy (non-hydrogen) atoms. The Morgan fingerprint density at radius 2 is 1.86 bits per heavy atom. The van der Waals surface area contributed by atoms with Crippen LogP contribution >= 0.6 is 11.6 Å². The molecule has 0 amide bonds. The van der Waals surface area contributed by atoms with Crippen molar-refractivity contribution in [1.82, 2.24) is 9.78 Å². The van der Waals surface area contributed by atoms with Crippen LogP contribution in [0, 0.1) is 5.82 Å². The van der Waals surface area contributed by atoms with Gasteiger partial charge in [-0.25, -0.2) is 9.07 Å². The van der Waals surface area contributed by atoms with Crippen molar-refractivity contribution >= 4 is 17.4 Å². The van der Waals surface area contributed by atoms with E-state index in [0.29, 0.717) is 16.4 Å². The largest absolute Gasteiger partial charge is 0.364 e. The standard InChI is InChI=1S/C16H13ClFN3/c17-14-7-4-8-15(18)13(14)11-19-16-9-10-21(20-16)12-5-2-1-3-6-12/h1-10H,11H2,(H,19,20). The van der Waals surface area contributed by atoms with Gasteiger partial charge in [-0.15, -0.1) is 0 Å². The highest BCUT2D eigenvalue weighted by Crippen LogP contribution is 2.20. The van der Waals surface area contributed by atoms with Crippen LogP contribution in [0.25, 0.3) is 5.69 Å². The van der Waals surface area contributed by atoms with E-state index in [1.807, 2.05) is 42.6 Å². The first-order valence-electron chi connectivity index (χ1n) is 6.52. The minimum absolute atomic E-state index is 0.289. The molecule has 1 aromatic heterocycles. The van der Waals surface area contributed by atoms with Crippen molar-refractivity contribution in [2.24, 2.45) is 0 Å². The Morgan fingerprint density at radius 3 is 2.62 bits per heavy atom. The number of hydrogen-bond donors (Lipinski definition) is 1. The first kappa shape index (κ1) is 13.6. The minimum atomic E-state index is -0.322. The molecule has 0 unspecified atom stereocenters. The second-order valence-corrected chi connectivity index (χ2v) is 4.94. The van der Waals surface area contributed by atoms with E-state index in [9.17, 15) is 4.39 Å². The summed E-state index contributed by atoms with van der Waals surface area (Å²) < 4.78 is 15.4. The molecule has 0 atom stereocenters. The molecule has 106 valence electrons. The molecule has 1 heterocycles. The van der Waals surface area contributed by atoms with Crippen LogP contribution in [0.1, 0.15) is 5.56 Å². The summed E-state index contributed by atoms with van der Waals surface area (Å²) in [6.07, 6.45) is 1.85. The van der Waals surface area contributed by atoms with Crippen molar-refractivity contribution < 1.29 is 4.39 Å². The maximum Gasteiger partial charge on any atom is 0.148 e. The van der Waals surface area contributed by atoms with Gasteiger partial charge in [0.2, 0.25) is 0 Å². The van der Waals surface area contributed by atoms with Crippen molar-refractivity contribution in [2.45, 2.75) is 6.54 Å². The SMILES string of the molecule is Fc1cccc(Cl)c1CNc1ccn(-c2ccccc2)n1. The molecule has 0 aliphatic rings. The van der Waals surface area contributed by atoms with E-state index < -0.39 is 0 Å². The van der Waals surface area contributed by atoms with Gasteiger partial charge in [-0.1, -0.05) is 35.9 Å². The lowest BCUT2D eigenvalue weighted by Gasteiger charge is -2.07. The number of nitrogens with one attached hydrogen (secondary N) is 1. The van der Waals surface area contributed by atoms with E-state index in [4.69, 9.17) is 11.6 Å². The van der Waals surface area contributed by atoms with Crippen LogP contribution in [-0.4, -0.2) is 9.78 Å². The Bertz CT molecular complexity index is 720. The van der Waals surface area contributed by atoms with Crippen LogP contribution in [0.4, 0.5) is 10.2 Å². The van der Waals surface area contributed by atoms with Gasteiger partial charge in [0.15, 0.2) is 0 Å². The highest BCUT2D eigenvalue weighted by atomic mass is 35.5. The average Bonchev–Trinajstić information content (AvgIpc) is 2.97. The number of aromatic nitrogens is 2. The molecule has 0 aliphatic carbocycles. The van der Waals surface area contributed by atoms with Gasteiger partial charge in [0.1, 0.15) is 11.6 Å². The number of nitrogens with zero attached hydrogens (tertiary/aromatic N) is 2. The zero-order valence-electron chi connectivity index (χ0n) is 11.1. The van der Waals surface area contributed by atoms with Gasteiger partial charge >= 0.3 is 0 Å². The highest BCUT2D eigenvalue weighted by molar-refractivity contribution is 6.31. The summed E-state index contributed by atoms with van der Waals surface area (Å²) in [6.45, 7) is 0.289. The minimum Gasteiger partial charge on any atom is -0.364 e. The second kappa shape index (κ2) is 5.97. The Kier molecular flexibility index (Phi) is 3.88. The maximum atomic E-state index is 13.7. The van der Waals surface area contributed by atoms with Gasteiger partial charge in [-0.05, 0) is 24.3 Å². The zero-order chi connectivity index (χ0) is 14.7. The van der Waals surface area contributed by atoms with Gasteiger partial charge in [0, 0.05) is 29.4 Å². The van der Waals surface area contributed by atoms with Crippen LogP contribution in [-0.2, 0) is 6.54 Å². The third-order valence-corrected chi connectivity index (χ3v) is 3.47. The molecule has 0 fully saturated rings. The fourth-order valence-corrected chi connectivity index (χ4v) is 2.25. The van der Waals surface area contributed by atoms with Crippen molar-refractivity contribution in [3.8, 4) is 5.69 Å². The van der Waals surface area contributed by atoms with Crippen LogP contribution in [0.5, 0.6) is 0 Å². The molecule has 2 aromatic carbocycles. The number of benzene rings is 2. The van der Waals surface area contributed by atoms with Gasteiger partial charge in [-0.2, -0.15) is 5.10 Å². The molecular weight excluding hydrogens is 289 g/mol. The summed E-state index contributed by atoms with van der Waals surface area (Å²) in [4.78, 5) is 0. The molecule has 0 saturated heterocycles. The Morgan fingerprint density at radius 1 is 1.05 bits per heavy atom. The first-order chi connectivity index (χ1) is 10.2. The normalized spacial score (nSPS) is 10.6. The summed E-state index contributed by atoms with van der Waals surface area (Å²) in [7, 11) is 0. The van der Waals surface area contributed by atoms with Crippen LogP contribution in [0.15, 0.2) is 60.8 Å². The lowest BCUT2D eigenvalue weighted by atomic mass is 10.2. The highest BCUT2D eigenvalue weighted by Gasteiger charge is 2.07. The fourth-order valence-electron chi connectivity index (χ4n) is 2.02. The third kappa shape index (κ3) is 3.06. The fraction of sp³-hybridized carbons (Fsp3) is 0.0625. The Balaban J connectivity index is 1.74. The molecule has 0 aliphatic heterocycles. The van der Waals surface area contributed by atoms with Crippen LogP contribution in [0.3, 0.4) is 0 Å². The maximum absolute atomic E-state index is 13.7. The second-order valence-electron chi connectivity index (χ2n) is 4.53. The van der Waals surface area contributed by atoms with E-state index in [2.05, 4.69) is 10.4 Å².